The Morgan fingerprint density at radius 3 is 2.62 bits per heavy atom. The van der Waals surface area contributed by atoms with Crippen molar-refractivity contribution in [2.24, 2.45) is 5.41 Å². The molecule has 6 heteroatoms. The van der Waals surface area contributed by atoms with Crippen molar-refractivity contribution in [1.82, 2.24) is 14.9 Å². The van der Waals surface area contributed by atoms with Crippen molar-refractivity contribution >= 4 is 11.7 Å². The first kappa shape index (κ1) is 16.9. The number of halogens is 1. The fraction of sp³-hybridized carbons (Fsp3) is 0.450. The van der Waals surface area contributed by atoms with Crippen LogP contribution in [-0.4, -0.2) is 40.9 Å². The summed E-state index contributed by atoms with van der Waals surface area (Å²) in [5.41, 5.74) is 1.81. The average molecular weight is 354 g/mol. The Bertz CT molecular complexity index is 815. The molecule has 1 saturated carbocycles. The molecule has 1 aliphatic heterocycles. The third kappa shape index (κ3) is 3.04. The SMILES string of the molecule is CNc1nc(-c2ccc(C(=O)N3CCC4(CCCC4)C3)cc2)ncc1F. The topological polar surface area (TPSA) is 58.1 Å². The molecule has 1 aliphatic carbocycles. The molecule has 2 fully saturated rings. The number of hydrogen-bond donors (Lipinski definition) is 1. The van der Waals surface area contributed by atoms with Crippen LogP contribution >= 0.6 is 0 Å². The second-order valence-electron chi connectivity index (χ2n) is 7.40. The number of benzene rings is 1. The van der Waals surface area contributed by atoms with Gasteiger partial charge < -0.3 is 10.2 Å². The maximum absolute atomic E-state index is 13.5. The van der Waals surface area contributed by atoms with Crippen LogP contribution in [0.2, 0.25) is 0 Å². The number of rotatable bonds is 3. The minimum Gasteiger partial charge on any atom is -0.371 e. The molecule has 1 aromatic carbocycles. The minimum absolute atomic E-state index is 0.0938. The lowest BCUT2D eigenvalue weighted by Crippen LogP contribution is -2.31. The van der Waals surface area contributed by atoms with Gasteiger partial charge in [-0.2, -0.15) is 0 Å². The third-order valence-electron chi connectivity index (χ3n) is 5.76. The van der Waals surface area contributed by atoms with Gasteiger partial charge in [0.15, 0.2) is 17.5 Å². The first-order valence-corrected chi connectivity index (χ1v) is 9.20. The first-order valence-electron chi connectivity index (χ1n) is 9.20. The Morgan fingerprint density at radius 2 is 1.92 bits per heavy atom. The quantitative estimate of drug-likeness (QED) is 0.912. The van der Waals surface area contributed by atoms with Gasteiger partial charge in [-0.15, -0.1) is 0 Å². The number of amides is 1. The zero-order valence-electron chi connectivity index (χ0n) is 15.0. The zero-order valence-corrected chi connectivity index (χ0v) is 15.0. The lowest BCUT2D eigenvalue weighted by Gasteiger charge is -2.23. The summed E-state index contributed by atoms with van der Waals surface area (Å²) in [6, 6.07) is 7.26. The summed E-state index contributed by atoms with van der Waals surface area (Å²) in [5.74, 6) is 0.198. The van der Waals surface area contributed by atoms with E-state index in [1.165, 1.54) is 25.7 Å². The summed E-state index contributed by atoms with van der Waals surface area (Å²) in [6.07, 6.45) is 7.38. The van der Waals surface area contributed by atoms with Crippen LogP contribution in [-0.2, 0) is 0 Å². The van der Waals surface area contributed by atoms with Crippen LogP contribution in [0.15, 0.2) is 30.5 Å². The van der Waals surface area contributed by atoms with E-state index in [-0.39, 0.29) is 11.7 Å². The Kier molecular flexibility index (Phi) is 4.34. The van der Waals surface area contributed by atoms with Crippen LogP contribution in [0.25, 0.3) is 11.4 Å². The van der Waals surface area contributed by atoms with Gasteiger partial charge in [-0.05, 0) is 36.8 Å². The number of aromatic nitrogens is 2. The van der Waals surface area contributed by atoms with E-state index in [1.807, 2.05) is 29.2 Å². The van der Waals surface area contributed by atoms with Gasteiger partial charge in [0, 0.05) is 31.3 Å². The van der Waals surface area contributed by atoms with Gasteiger partial charge in [-0.3, -0.25) is 4.79 Å². The molecule has 0 atom stereocenters. The number of anilines is 1. The highest BCUT2D eigenvalue weighted by Gasteiger charge is 2.41. The molecule has 0 radical (unpaired) electrons. The number of hydrogen-bond acceptors (Lipinski definition) is 4. The molecular formula is C20H23FN4O. The fourth-order valence-corrected chi connectivity index (χ4v) is 4.27. The second-order valence-corrected chi connectivity index (χ2v) is 7.40. The molecular weight excluding hydrogens is 331 g/mol. The minimum atomic E-state index is -0.488. The normalized spacial score (nSPS) is 18.5. The highest BCUT2D eigenvalue weighted by Crippen LogP contribution is 2.45. The van der Waals surface area contributed by atoms with Gasteiger partial charge >= 0.3 is 0 Å². The van der Waals surface area contributed by atoms with Gasteiger partial charge in [0.1, 0.15) is 0 Å². The first-order chi connectivity index (χ1) is 12.6. The van der Waals surface area contributed by atoms with Crippen molar-refractivity contribution in [3.63, 3.8) is 0 Å². The van der Waals surface area contributed by atoms with Crippen molar-refractivity contribution in [2.45, 2.75) is 32.1 Å². The second kappa shape index (κ2) is 6.67. The van der Waals surface area contributed by atoms with E-state index in [9.17, 15) is 9.18 Å². The summed E-state index contributed by atoms with van der Waals surface area (Å²) < 4.78 is 13.5. The van der Waals surface area contributed by atoms with Crippen LogP contribution < -0.4 is 5.32 Å². The number of nitrogens with zero attached hydrogens (tertiary/aromatic N) is 3. The molecule has 0 bridgehead atoms. The number of carbonyl (C=O) groups is 1. The van der Waals surface area contributed by atoms with Gasteiger partial charge in [0.2, 0.25) is 0 Å². The van der Waals surface area contributed by atoms with E-state index in [2.05, 4.69) is 15.3 Å². The van der Waals surface area contributed by atoms with E-state index in [0.717, 1.165) is 31.3 Å². The molecule has 2 aliphatic rings. The van der Waals surface area contributed by atoms with Gasteiger partial charge in [-0.1, -0.05) is 25.0 Å². The van der Waals surface area contributed by atoms with Crippen molar-refractivity contribution in [1.29, 1.82) is 0 Å². The third-order valence-corrected chi connectivity index (χ3v) is 5.76. The molecule has 1 amide bonds. The molecule has 1 saturated heterocycles. The summed E-state index contributed by atoms with van der Waals surface area (Å²) >= 11 is 0. The smallest absolute Gasteiger partial charge is 0.253 e. The zero-order chi connectivity index (χ0) is 18.1. The highest BCUT2D eigenvalue weighted by atomic mass is 19.1. The molecule has 2 heterocycles. The maximum atomic E-state index is 13.5. The predicted molar refractivity (Wildman–Crippen MR) is 98.4 cm³/mol. The van der Waals surface area contributed by atoms with Gasteiger partial charge in [0.25, 0.3) is 5.91 Å². The lowest BCUT2D eigenvalue weighted by atomic mass is 9.86. The van der Waals surface area contributed by atoms with Crippen LogP contribution in [0.1, 0.15) is 42.5 Å². The van der Waals surface area contributed by atoms with Crippen LogP contribution in [0, 0.1) is 11.2 Å². The van der Waals surface area contributed by atoms with E-state index < -0.39 is 5.82 Å². The molecule has 26 heavy (non-hydrogen) atoms. The van der Waals surface area contributed by atoms with Crippen molar-refractivity contribution < 1.29 is 9.18 Å². The standard InChI is InChI=1S/C20H23FN4O/c1-22-18-16(21)12-23-17(24-18)14-4-6-15(7-5-14)19(26)25-11-10-20(13-25)8-2-3-9-20/h4-7,12H,2-3,8-11,13H2,1H3,(H,22,23,24). The fourth-order valence-electron chi connectivity index (χ4n) is 4.27. The maximum Gasteiger partial charge on any atom is 0.253 e. The molecule has 2 aromatic rings. The highest BCUT2D eigenvalue weighted by molar-refractivity contribution is 5.94. The number of carbonyl (C=O) groups excluding carboxylic acids is 1. The molecule has 1 aromatic heterocycles. The van der Waals surface area contributed by atoms with E-state index >= 15 is 0 Å². The number of likely N-dealkylation sites (tertiary alicyclic amines) is 1. The van der Waals surface area contributed by atoms with Crippen LogP contribution in [0.4, 0.5) is 10.2 Å². The Morgan fingerprint density at radius 1 is 1.19 bits per heavy atom. The average Bonchev–Trinajstić information content (AvgIpc) is 3.32. The molecule has 1 spiro atoms. The van der Waals surface area contributed by atoms with E-state index in [1.54, 1.807) is 7.05 Å². The van der Waals surface area contributed by atoms with Crippen molar-refractivity contribution in [3.05, 3.63) is 41.8 Å². The van der Waals surface area contributed by atoms with Crippen LogP contribution in [0.3, 0.4) is 0 Å². The van der Waals surface area contributed by atoms with E-state index in [4.69, 9.17) is 0 Å². The number of nitrogens with one attached hydrogen (secondary N) is 1. The largest absolute Gasteiger partial charge is 0.371 e. The molecule has 136 valence electrons. The van der Waals surface area contributed by atoms with Gasteiger partial charge in [-0.25, -0.2) is 14.4 Å². The molecule has 4 rings (SSSR count). The predicted octanol–water partition coefficient (Wildman–Crippen LogP) is 3.73. The van der Waals surface area contributed by atoms with E-state index in [0.29, 0.717) is 16.8 Å². The Balaban J connectivity index is 1.50. The van der Waals surface area contributed by atoms with Crippen LogP contribution in [0.5, 0.6) is 0 Å². The summed E-state index contributed by atoms with van der Waals surface area (Å²) in [4.78, 5) is 23.0. The van der Waals surface area contributed by atoms with Gasteiger partial charge in [0.05, 0.1) is 6.20 Å². The van der Waals surface area contributed by atoms with Crippen molar-refractivity contribution in [2.75, 3.05) is 25.5 Å². The van der Waals surface area contributed by atoms with Crippen molar-refractivity contribution in [3.8, 4) is 11.4 Å². The molecule has 1 N–H and O–H groups in total. The summed E-state index contributed by atoms with van der Waals surface area (Å²) in [7, 11) is 1.62. The summed E-state index contributed by atoms with van der Waals surface area (Å²) in [6.45, 7) is 1.74. The molecule has 5 nitrogen and oxygen atoms in total. The lowest BCUT2D eigenvalue weighted by molar-refractivity contribution is 0.0773. The Labute approximate surface area is 152 Å². The Hall–Kier alpha value is -2.50. The molecule has 0 unspecified atom stereocenters. The monoisotopic (exact) mass is 354 g/mol. The summed E-state index contributed by atoms with van der Waals surface area (Å²) in [5, 5.41) is 2.71.